The summed E-state index contributed by atoms with van der Waals surface area (Å²) in [7, 11) is -0.948. The maximum absolute atomic E-state index is 10.9. The lowest BCUT2D eigenvalue weighted by atomic mass is 10.4. The first-order valence-electron chi connectivity index (χ1n) is 3.81. The maximum Gasteiger partial charge on any atom is 0.268 e. The quantitative estimate of drug-likeness (QED) is 0.356. The van der Waals surface area contributed by atoms with Gasteiger partial charge in [0.2, 0.25) is 5.91 Å². The van der Waals surface area contributed by atoms with Crippen molar-refractivity contribution >= 4 is 16.0 Å². The molecule has 0 aromatic rings. The van der Waals surface area contributed by atoms with Gasteiger partial charge in [0.1, 0.15) is 5.75 Å². The van der Waals surface area contributed by atoms with Crippen LogP contribution in [0.5, 0.6) is 0 Å². The minimum absolute atomic E-state index is 0.493. The molecule has 1 atom stereocenters. The van der Waals surface area contributed by atoms with Gasteiger partial charge in [-0.05, 0) is 20.2 Å². The van der Waals surface area contributed by atoms with E-state index in [-0.39, 0.29) is 0 Å². The monoisotopic (exact) mass is 222 g/mol. The summed E-state index contributed by atoms with van der Waals surface area (Å²) in [6, 6.07) is 0. The molecule has 1 unspecified atom stereocenters. The molecule has 0 heterocycles. The largest absolute Gasteiger partial charge is 0.336 e. The summed E-state index contributed by atoms with van der Waals surface area (Å²) in [6.45, 7) is 3.23. The Bertz CT molecular complexity index is 310. The second kappa shape index (κ2) is 5.08. The Morgan fingerprint density at radius 3 is 2.43 bits per heavy atom. The van der Waals surface area contributed by atoms with Crippen molar-refractivity contribution in [3.8, 4) is 0 Å². The molecular formula is C7H14N2O4S. The molecule has 0 aromatic heterocycles. The highest BCUT2D eigenvalue weighted by Gasteiger charge is 2.19. The zero-order valence-electron chi connectivity index (χ0n) is 8.10. The second-order valence-corrected chi connectivity index (χ2v) is 4.44. The third kappa shape index (κ3) is 5.68. The summed E-state index contributed by atoms with van der Waals surface area (Å²) in [6.07, 6.45) is 0.260. The zero-order valence-corrected chi connectivity index (χ0v) is 8.91. The van der Waals surface area contributed by atoms with E-state index in [0.29, 0.717) is 0 Å². The number of carbonyl (C=O) groups excluding carboxylic acids is 1. The molecule has 14 heavy (non-hydrogen) atoms. The molecule has 6 nitrogen and oxygen atoms in total. The zero-order chi connectivity index (χ0) is 11.4. The Labute approximate surface area is 83.3 Å². The molecule has 0 aliphatic carbocycles. The molecule has 0 fully saturated rings. The number of carbonyl (C=O) groups is 1. The van der Waals surface area contributed by atoms with Crippen molar-refractivity contribution in [3.05, 3.63) is 12.7 Å². The van der Waals surface area contributed by atoms with Crippen molar-refractivity contribution in [2.24, 2.45) is 0 Å². The molecule has 7 heteroatoms. The fourth-order valence-corrected chi connectivity index (χ4v) is 1.52. The van der Waals surface area contributed by atoms with Gasteiger partial charge >= 0.3 is 0 Å². The third-order valence-corrected chi connectivity index (χ3v) is 2.22. The lowest BCUT2D eigenvalue weighted by Gasteiger charge is -2.23. The van der Waals surface area contributed by atoms with E-state index in [9.17, 15) is 13.2 Å². The second-order valence-electron chi connectivity index (χ2n) is 2.94. The number of nitrogens with one attached hydrogen (secondary N) is 1. The third-order valence-electron chi connectivity index (χ3n) is 1.49. The summed E-state index contributed by atoms with van der Waals surface area (Å²) in [5.74, 6) is -1.05. The van der Waals surface area contributed by atoms with Crippen molar-refractivity contribution in [1.82, 2.24) is 10.2 Å². The number of amides is 1. The summed E-state index contributed by atoms with van der Waals surface area (Å²) in [5, 5.41) is 2.35. The number of nitrogens with zero attached hydrogens (tertiary/aromatic N) is 1. The molecule has 0 aliphatic heterocycles. The first-order chi connectivity index (χ1) is 6.26. The Balaban J connectivity index is 4.46. The van der Waals surface area contributed by atoms with Crippen molar-refractivity contribution in [1.29, 1.82) is 0 Å². The fraction of sp³-hybridized carbons (Fsp3) is 0.571. The lowest BCUT2D eigenvalue weighted by Crippen LogP contribution is -2.48. The minimum Gasteiger partial charge on any atom is -0.336 e. The van der Waals surface area contributed by atoms with Crippen LogP contribution in [0.3, 0.4) is 0 Å². The molecule has 0 radical (unpaired) electrons. The first kappa shape index (κ1) is 13.1. The van der Waals surface area contributed by atoms with E-state index in [1.807, 2.05) is 0 Å². The Morgan fingerprint density at radius 1 is 1.64 bits per heavy atom. The van der Waals surface area contributed by atoms with Gasteiger partial charge in [0, 0.05) is 0 Å². The van der Waals surface area contributed by atoms with Gasteiger partial charge in [-0.1, -0.05) is 6.58 Å². The van der Waals surface area contributed by atoms with E-state index in [0.717, 1.165) is 6.08 Å². The van der Waals surface area contributed by atoms with Crippen LogP contribution < -0.4 is 5.32 Å². The molecule has 0 aliphatic rings. The van der Waals surface area contributed by atoms with Crippen LogP contribution in [-0.2, 0) is 14.9 Å². The number of rotatable bonds is 5. The van der Waals surface area contributed by atoms with E-state index in [1.165, 1.54) is 4.90 Å². The molecule has 0 spiro atoms. The van der Waals surface area contributed by atoms with Gasteiger partial charge in [-0.25, -0.2) is 0 Å². The maximum atomic E-state index is 10.9. The molecule has 1 amide bonds. The summed E-state index contributed by atoms with van der Waals surface area (Å²) in [5.41, 5.74) is 0. The highest BCUT2D eigenvalue weighted by atomic mass is 32.2. The average Bonchev–Trinajstić information content (AvgIpc) is 2.00. The van der Waals surface area contributed by atoms with E-state index < -0.39 is 27.9 Å². The lowest BCUT2D eigenvalue weighted by molar-refractivity contribution is -0.117. The minimum atomic E-state index is -4.11. The number of hydrogen-bond acceptors (Lipinski definition) is 4. The van der Waals surface area contributed by atoms with Crippen molar-refractivity contribution < 1.29 is 17.8 Å². The van der Waals surface area contributed by atoms with Crippen molar-refractivity contribution in [2.45, 2.75) is 6.17 Å². The summed E-state index contributed by atoms with van der Waals surface area (Å²) in [4.78, 5) is 12.3. The predicted molar refractivity (Wildman–Crippen MR) is 52.2 cm³/mol. The molecule has 0 saturated carbocycles. The van der Waals surface area contributed by atoms with Crippen LogP contribution in [0, 0.1) is 0 Å². The van der Waals surface area contributed by atoms with E-state index in [4.69, 9.17) is 4.55 Å². The van der Waals surface area contributed by atoms with Gasteiger partial charge in [0.05, 0.1) is 6.17 Å². The van der Waals surface area contributed by atoms with E-state index >= 15 is 0 Å². The van der Waals surface area contributed by atoms with Crippen molar-refractivity contribution in [2.75, 3.05) is 19.8 Å². The standard InChI is InChI=1S/C7H14N2O4S/c1-4-7(10)8-6(9(2)3)5-14(11,12)13/h4,6H,1,5H2,2-3H3,(H,8,10)(H,11,12,13). The summed E-state index contributed by atoms with van der Waals surface area (Å²) >= 11 is 0. The SMILES string of the molecule is C=CC(=O)NC(CS(=O)(=O)O)N(C)C. The topological polar surface area (TPSA) is 86.7 Å². The molecule has 0 bridgehead atoms. The van der Waals surface area contributed by atoms with Crippen LogP contribution in [0.1, 0.15) is 0 Å². The predicted octanol–water partition coefficient (Wildman–Crippen LogP) is -0.936. The van der Waals surface area contributed by atoms with Gasteiger partial charge in [-0.3, -0.25) is 14.2 Å². The van der Waals surface area contributed by atoms with Gasteiger partial charge in [0.15, 0.2) is 0 Å². The van der Waals surface area contributed by atoms with Crippen molar-refractivity contribution in [3.63, 3.8) is 0 Å². The van der Waals surface area contributed by atoms with Crippen LogP contribution in [0.4, 0.5) is 0 Å². The molecule has 2 N–H and O–H groups in total. The highest BCUT2D eigenvalue weighted by molar-refractivity contribution is 7.85. The van der Waals surface area contributed by atoms with Gasteiger partial charge in [-0.15, -0.1) is 0 Å². The molecule has 0 rings (SSSR count). The van der Waals surface area contributed by atoms with Gasteiger partial charge in [0.25, 0.3) is 10.1 Å². The molecular weight excluding hydrogens is 208 g/mol. The Kier molecular flexibility index (Phi) is 4.75. The smallest absolute Gasteiger partial charge is 0.268 e. The van der Waals surface area contributed by atoms with Crippen LogP contribution in [0.25, 0.3) is 0 Å². The van der Waals surface area contributed by atoms with Crippen LogP contribution in [-0.4, -0.2) is 49.8 Å². The Hall–Kier alpha value is -0.920. The summed E-state index contributed by atoms with van der Waals surface area (Å²) < 4.78 is 29.7. The molecule has 0 saturated heterocycles. The highest BCUT2D eigenvalue weighted by Crippen LogP contribution is 1.94. The van der Waals surface area contributed by atoms with Gasteiger partial charge in [-0.2, -0.15) is 8.42 Å². The normalized spacial score (nSPS) is 13.7. The van der Waals surface area contributed by atoms with Crippen LogP contribution in [0.2, 0.25) is 0 Å². The number of hydrogen-bond donors (Lipinski definition) is 2. The average molecular weight is 222 g/mol. The first-order valence-corrected chi connectivity index (χ1v) is 5.41. The Morgan fingerprint density at radius 2 is 2.14 bits per heavy atom. The molecule has 82 valence electrons. The fourth-order valence-electron chi connectivity index (χ4n) is 0.742. The molecule has 0 aromatic carbocycles. The van der Waals surface area contributed by atoms with E-state index in [1.54, 1.807) is 14.1 Å². The van der Waals surface area contributed by atoms with Crippen LogP contribution in [0.15, 0.2) is 12.7 Å². The van der Waals surface area contributed by atoms with Crippen LogP contribution >= 0.6 is 0 Å². The van der Waals surface area contributed by atoms with E-state index in [2.05, 4.69) is 11.9 Å². The van der Waals surface area contributed by atoms with Gasteiger partial charge < -0.3 is 5.32 Å².